The summed E-state index contributed by atoms with van der Waals surface area (Å²) in [6.45, 7) is 4.13. The van der Waals surface area contributed by atoms with Crippen molar-refractivity contribution in [3.05, 3.63) is 101 Å². The Balaban J connectivity index is 1.52. The number of methoxy groups -OCH3 is 1. The molecule has 0 spiro atoms. The highest BCUT2D eigenvalue weighted by Crippen LogP contribution is 2.50. The lowest BCUT2D eigenvalue weighted by Gasteiger charge is -2.38. The van der Waals surface area contributed by atoms with Crippen molar-refractivity contribution >= 4 is 17.3 Å². The molecule has 162 valence electrons. The van der Waals surface area contributed by atoms with Crippen LogP contribution in [0.3, 0.4) is 0 Å². The molecule has 2 aliphatic rings. The van der Waals surface area contributed by atoms with Crippen LogP contribution in [0, 0.1) is 19.8 Å². The summed E-state index contributed by atoms with van der Waals surface area (Å²) in [5.41, 5.74) is 7.15. The number of benzene rings is 3. The van der Waals surface area contributed by atoms with Crippen LogP contribution in [0.5, 0.6) is 5.75 Å². The van der Waals surface area contributed by atoms with Gasteiger partial charge in [-0.15, -0.1) is 0 Å². The molecule has 3 atom stereocenters. The fourth-order valence-corrected chi connectivity index (χ4v) is 4.99. The van der Waals surface area contributed by atoms with Gasteiger partial charge in [-0.1, -0.05) is 42.5 Å². The van der Waals surface area contributed by atoms with Gasteiger partial charge in [0.2, 0.25) is 0 Å². The van der Waals surface area contributed by atoms with Crippen molar-refractivity contribution in [1.29, 1.82) is 0 Å². The zero-order valence-corrected chi connectivity index (χ0v) is 18.7. The Labute approximate surface area is 189 Å². The molecule has 4 heteroatoms. The summed E-state index contributed by atoms with van der Waals surface area (Å²) < 4.78 is 5.47. The molecule has 2 N–H and O–H groups in total. The van der Waals surface area contributed by atoms with E-state index < -0.39 is 0 Å². The second-order valence-electron chi connectivity index (χ2n) is 8.78. The second kappa shape index (κ2) is 8.19. The molecule has 3 aromatic rings. The number of anilines is 2. The third kappa shape index (κ3) is 3.56. The molecule has 32 heavy (non-hydrogen) atoms. The Morgan fingerprint density at radius 1 is 1.03 bits per heavy atom. The van der Waals surface area contributed by atoms with E-state index in [1.54, 1.807) is 7.11 Å². The quantitative estimate of drug-likeness (QED) is 0.477. The number of aryl methyl sites for hydroxylation is 2. The maximum absolute atomic E-state index is 13.3. The van der Waals surface area contributed by atoms with Crippen LogP contribution in [-0.4, -0.2) is 13.0 Å². The number of carbonyl (C=O) groups excluding carboxylic acids is 1. The SMILES string of the molecule is COc1cccc(C2Nc3c(C(=O)Nc4ccc(C)c(C)c4)cccc3C3C=CCC32)c1. The average molecular weight is 425 g/mol. The van der Waals surface area contributed by atoms with E-state index in [1.165, 1.54) is 16.7 Å². The van der Waals surface area contributed by atoms with E-state index >= 15 is 0 Å². The van der Waals surface area contributed by atoms with Gasteiger partial charge in [0.15, 0.2) is 0 Å². The molecule has 3 unspecified atom stereocenters. The Morgan fingerprint density at radius 2 is 1.88 bits per heavy atom. The molecule has 0 saturated heterocycles. The Morgan fingerprint density at radius 3 is 2.69 bits per heavy atom. The second-order valence-corrected chi connectivity index (χ2v) is 8.78. The Kier molecular flexibility index (Phi) is 5.22. The van der Waals surface area contributed by atoms with Gasteiger partial charge >= 0.3 is 0 Å². The van der Waals surface area contributed by atoms with Gasteiger partial charge in [0, 0.05) is 11.6 Å². The largest absolute Gasteiger partial charge is 0.497 e. The fourth-order valence-electron chi connectivity index (χ4n) is 4.99. The molecule has 4 nitrogen and oxygen atoms in total. The first-order valence-corrected chi connectivity index (χ1v) is 11.1. The van der Waals surface area contributed by atoms with E-state index in [2.05, 4.69) is 54.8 Å². The summed E-state index contributed by atoms with van der Waals surface area (Å²) in [5, 5.41) is 6.83. The molecular formula is C28H28N2O2. The molecule has 0 radical (unpaired) electrons. The van der Waals surface area contributed by atoms with E-state index in [-0.39, 0.29) is 17.9 Å². The third-order valence-corrected chi connectivity index (χ3v) is 6.86. The topological polar surface area (TPSA) is 50.4 Å². The van der Waals surface area contributed by atoms with Gasteiger partial charge in [-0.05, 0) is 78.8 Å². The van der Waals surface area contributed by atoms with E-state index in [1.807, 2.05) is 42.5 Å². The highest BCUT2D eigenvalue weighted by atomic mass is 16.5. The number of fused-ring (bicyclic) bond motifs is 3. The number of nitrogens with one attached hydrogen (secondary N) is 2. The Bertz CT molecular complexity index is 1210. The van der Waals surface area contributed by atoms with Crippen LogP contribution in [0.25, 0.3) is 0 Å². The van der Waals surface area contributed by atoms with Crippen LogP contribution < -0.4 is 15.4 Å². The van der Waals surface area contributed by atoms with Gasteiger partial charge in [0.05, 0.1) is 24.4 Å². The van der Waals surface area contributed by atoms with Crippen molar-refractivity contribution in [2.45, 2.75) is 32.2 Å². The lowest BCUT2D eigenvalue weighted by Crippen LogP contribution is -2.31. The monoisotopic (exact) mass is 424 g/mol. The predicted octanol–water partition coefficient (Wildman–Crippen LogP) is 6.39. The van der Waals surface area contributed by atoms with Crippen molar-refractivity contribution in [3.8, 4) is 5.75 Å². The maximum atomic E-state index is 13.3. The summed E-state index contributed by atoms with van der Waals surface area (Å²) >= 11 is 0. The summed E-state index contributed by atoms with van der Waals surface area (Å²) in [6.07, 6.45) is 5.57. The number of hydrogen-bond donors (Lipinski definition) is 2. The van der Waals surface area contributed by atoms with E-state index in [0.717, 1.165) is 29.1 Å². The molecule has 3 aromatic carbocycles. The van der Waals surface area contributed by atoms with Crippen LogP contribution in [0.4, 0.5) is 11.4 Å². The summed E-state index contributed by atoms with van der Waals surface area (Å²) in [6, 6.07) is 20.4. The third-order valence-electron chi connectivity index (χ3n) is 6.86. The van der Waals surface area contributed by atoms with Crippen LogP contribution in [0.2, 0.25) is 0 Å². The zero-order valence-electron chi connectivity index (χ0n) is 18.7. The number of hydrogen-bond acceptors (Lipinski definition) is 3. The number of ether oxygens (including phenoxy) is 1. The standard InChI is InChI=1S/C28H28N2O2/c1-17-13-14-20(15-18(17)2)29-28(31)25-12-6-11-24-22-9-5-10-23(22)26(30-27(24)25)19-7-4-8-21(16-19)32-3/h4-9,11-16,22-23,26,30H,10H2,1-3H3,(H,29,31). The molecule has 0 fully saturated rings. The Hall–Kier alpha value is -3.53. The minimum absolute atomic E-state index is 0.0950. The van der Waals surface area contributed by atoms with Gasteiger partial charge < -0.3 is 15.4 Å². The molecule has 1 heterocycles. The first-order valence-electron chi connectivity index (χ1n) is 11.1. The number of rotatable bonds is 4. The zero-order chi connectivity index (χ0) is 22.2. The maximum Gasteiger partial charge on any atom is 0.257 e. The van der Waals surface area contributed by atoms with E-state index in [4.69, 9.17) is 4.74 Å². The van der Waals surface area contributed by atoms with Gasteiger partial charge in [0.1, 0.15) is 5.75 Å². The van der Waals surface area contributed by atoms with Crippen molar-refractivity contribution in [1.82, 2.24) is 0 Å². The smallest absolute Gasteiger partial charge is 0.257 e. The molecular weight excluding hydrogens is 396 g/mol. The normalized spacial score (nSPS) is 20.8. The van der Waals surface area contributed by atoms with E-state index in [9.17, 15) is 4.79 Å². The summed E-state index contributed by atoms with van der Waals surface area (Å²) in [5.74, 6) is 1.45. The van der Waals surface area contributed by atoms with E-state index in [0.29, 0.717) is 11.5 Å². The lowest BCUT2D eigenvalue weighted by atomic mass is 9.76. The van der Waals surface area contributed by atoms with Gasteiger partial charge in [-0.3, -0.25) is 4.79 Å². The predicted molar refractivity (Wildman–Crippen MR) is 130 cm³/mol. The van der Waals surface area contributed by atoms with Crippen molar-refractivity contribution < 1.29 is 9.53 Å². The highest BCUT2D eigenvalue weighted by Gasteiger charge is 2.39. The molecule has 0 aromatic heterocycles. The minimum Gasteiger partial charge on any atom is -0.497 e. The summed E-state index contributed by atoms with van der Waals surface area (Å²) in [7, 11) is 1.69. The molecule has 0 saturated carbocycles. The average Bonchev–Trinajstić information content (AvgIpc) is 3.31. The first kappa shape index (κ1) is 20.4. The van der Waals surface area contributed by atoms with Crippen LogP contribution in [0.1, 0.15) is 51.0 Å². The summed E-state index contributed by atoms with van der Waals surface area (Å²) in [4.78, 5) is 13.3. The number of allylic oxidation sites excluding steroid dienone is 2. The van der Waals surface area contributed by atoms with Crippen molar-refractivity contribution in [3.63, 3.8) is 0 Å². The fraction of sp³-hybridized carbons (Fsp3) is 0.250. The molecule has 1 aliphatic carbocycles. The van der Waals surface area contributed by atoms with Crippen molar-refractivity contribution in [2.24, 2.45) is 5.92 Å². The van der Waals surface area contributed by atoms with Crippen molar-refractivity contribution in [2.75, 3.05) is 17.7 Å². The molecule has 0 bridgehead atoms. The molecule has 1 aliphatic heterocycles. The van der Waals surface area contributed by atoms with Crippen LogP contribution >= 0.6 is 0 Å². The van der Waals surface area contributed by atoms with Crippen LogP contribution in [0.15, 0.2) is 72.8 Å². The van der Waals surface area contributed by atoms with Gasteiger partial charge in [-0.2, -0.15) is 0 Å². The number of amides is 1. The minimum atomic E-state index is -0.0950. The lowest BCUT2D eigenvalue weighted by molar-refractivity contribution is 0.102. The van der Waals surface area contributed by atoms with Gasteiger partial charge in [0.25, 0.3) is 5.91 Å². The number of carbonyl (C=O) groups is 1. The molecule has 1 amide bonds. The first-order chi connectivity index (χ1) is 15.5. The van der Waals surface area contributed by atoms with Crippen LogP contribution in [-0.2, 0) is 0 Å². The molecule has 5 rings (SSSR count). The number of para-hydroxylation sites is 1. The van der Waals surface area contributed by atoms with Gasteiger partial charge in [-0.25, -0.2) is 0 Å². The highest BCUT2D eigenvalue weighted by molar-refractivity contribution is 6.08.